The zero-order valence-electron chi connectivity index (χ0n) is 12.8. The molecule has 1 rings (SSSR count). The van der Waals surface area contributed by atoms with E-state index in [9.17, 15) is 19.8 Å². The molecular weight excluding hydrogens is 260 g/mol. The van der Waals surface area contributed by atoms with E-state index >= 15 is 0 Å². The van der Waals surface area contributed by atoms with Gasteiger partial charge in [-0.25, -0.2) is 9.59 Å². The van der Waals surface area contributed by atoms with Crippen molar-refractivity contribution in [2.75, 3.05) is 20.1 Å². The zero-order valence-corrected chi connectivity index (χ0v) is 12.8. The number of hydrogen-bond donors (Lipinski definition) is 2. The van der Waals surface area contributed by atoms with Crippen LogP contribution in [0.15, 0.2) is 0 Å². The number of nitrogens with zero attached hydrogens (tertiary/aromatic N) is 2. The Morgan fingerprint density at radius 1 is 1.25 bits per heavy atom. The van der Waals surface area contributed by atoms with Gasteiger partial charge >= 0.3 is 12.0 Å². The number of carbonyl (C=O) groups excluding carboxylic acids is 1. The third-order valence-corrected chi connectivity index (χ3v) is 4.14. The second-order valence-electron chi connectivity index (χ2n) is 6.18. The van der Waals surface area contributed by atoms with Crippen LogP contribution in [0, 0.1) is 0 Å². The Hall–Kier alpha value is -1.30. The normalized spacial score (nSPS) is 17.9. The molecule has 0 aromatic heterocycles. The Bertz CT molecular complexity index is 375. The third-order valence-electron chi connectivity index (χ3n) is 4.14. The fourth-order valence-corrected chi connectivity index (χ4v) is 2.79. The summed E-state index contributed by atoms with van der Waals surface area (Å²) in [5.41, 5.74) is -2.09. The summed E-state index contributed by atoms with van der Waals surface area (Å²) in [4.78, 5) is 26.5. The average molecular weight is 286 g/mol. The molecule has 0 bridgehead atoms. The van der Waals surface area contributed by atoms with Gasteiger partial charge in [0.1, 0.15) is 5.54 Å². The van der Waals surface area contributed by atoms with Crippen molar-refractivity contribution in [2.45, 2.75) is 57.6 Å². The van der Waals surface area contributed by atoms with E-state index in [2.05, 4.69) is 0 Å². The van der Waals surface area contributed by atoms with Crippen LogP contribution >= 0.6 is 0 Å². The maximum Gasteiger partial charge on any atom is 0.329 e. The highest BCUT2D eigenvalue weighted by Gasteiger charge is 2.40. The van der Waals surface area contributed by atoms with Crippen LogP contribution in [0.1, 0.15) is 46.5 Å². The summed E-state index contributed by atoms with van der Waals surface area (Å²) in [5.74, 6) is -1.04. The minimum atomic E-state index is -1.27. The van der Waals surface area contributed by atoms with Gasteiger partial charge in [-0.15, -0.1) is 0 Å². The second kappa shape index (κ2) is 5.99. The Labute approximate surface area is 120 Å². The van der Waals surface area contributed by atoms with E-state index in [-0.39, 0.29) is 12.6 Å². The molecule has 0 aromatic rings. The van der Waals surface area contributed by atoms with Crippen LogP contribution in [-0.2, 0) is 4.79 Å². The molecule has 1 saturated carbocycles. The highest BCUT2D eigenvalue weighted by atomic mass is 16.4. The molecule has 0 unspecified atom stereocenters. The molecule has 0 saturated heterocycles. The maximum atomic E-state index is 12.4. The molecule has 6 heteroatoms. The smallest absolute Gasteiger partial charge is 0.329 e. The second-order valence-corrected chi connectivity index (χ2v) is 6.18. The van der Waals surface area contributed by atoms with E-state index in [1.165, 1.54) is 23.6 Å². The van der Waals surface area contributed by atoms with Crippen molar-refractivity contribution >= 4 is 12.0 Å². The molecule has 0 radical (unpaired) electrons. The van der Waals surface area contributed by atoms with Crippen molar-refractivity contribution < 1.29 is 19.8 Å². The molecule has 0 atom stereocenters. The summed E-state index contributed by atoms with van der Waals surface area (Å²) in [7, 11) is 1.61. The van der Waals surface area contributed by atoms with Crippen molar-refractivity contribution in [1.82, 2.24) is 9.80 Å². The summed E-state index contributed by atoms with van der Waals surface area (Å²) < 4.78 is 0. The number of urea groups is 1. The predicted octanol–water partition coefficient (Wildman–Crippen LogP) is 1.53. The van der Waals surface area contributed by atoms with E-state index in [4.69, 9.17) is 0 Å². The molecule has 2 amide bonds. The lowest BCUT2D eigenvalue weighted by Gasteiger charge is -2.38. The van der Waals surface area contributed by atoms with E-state index in [1.807, 2.05) is 0 Å². The minimum absolute atomic E-state index is 0.248. The van der Waals surface area contributed by atoms with Crippen LogP contribution in [0.5, 0.6) is 0 Å². The summed E-state index contributed by atoms with van der Waals surface area (Å²) in [6, 6.07) is -0.361. The monoisotopic (exact) mass is 286 g/mol. The lowest BCUT2D eigenvalue weighted by Crippen LogP contribution is -2.57. The Morgan fingerprint density at radius 2 is 1.75 bits per heavy atom. The molecule has 6 nitrogen and oxygen atoms in total. The van der Waals surface area contributed by atoms with Gasteiger partial charge in [0.25, 0.3) is 0 Å². The largest absolute Gasteiger partial charge is 0.480 e. The van der Waals surface area contributed by atoms with E-state index < -0.39 is 17.1 Å². The van der Waals surface area contributed by atoms with Gasteiger partial charge in [0.05, 0.1) is 12.1 Å². The first kappa shape index (κ1) is 16.8. The fraction of sp³-hybridized carbons (Fsp3) is 0.857. The number of rotatable bonds is 5. The molecule has 1 aliphatic rings. The lowest BCUT2D eigenvalue weighted by atomic mass is 10.0. The lowest BCUT2D eigenvalue weighted by molar-refractivity contribution is -0.147. The van der Waals surface area contributed by atoms with Crippen molar-refractivity contribution in [2.24, 2.45) is 0 Å². The first-order chi connectivity index (χ1) is 9.14. The highest BCUT2D eigenvalue weighted by Crippen LogP contribution is 2.30. The Kier molecular flexibility index (Phi) is 5.02. The van der Waals surface area contributed by atoms with Gasteiger partial charge < -0.3 is 20.0 Å². The number of hydrogen-bond acceptors (Lipinski definition) is 3. The van der Waals surface area contributed by atoms with Crippen LogP contribution in [0.3, 0.4) is 0 Å². The standard InChI is InChI=1S/C14H26N2O4/c1-5-16(13(2,3)11(17)18)12(19)15(4)10-14(20)8-6-7-9-14/h20H,5-10H2,1-4H3,(H,17,18). The van der Waals surface area contributed by atoms with E-state index in [0.717, 1.165) is 12.8 Å². The maximum absolute atomic E-state index is 12.4. The first-order valence-electron chi connectivity index (χ1n) is 7.12. The van der Waals surface area contributed by atoms with Gasteiger partial charge in [0.15, 0.2) is 0 Å². The molecule has 20 heavy (non-hydrogen) atoms. The topological polar surface area (TPSA) is 81.1 Å². The van der Waals surface area contributed by atoms with Crippen molar-refractivity contribution in [3.05, 3.63) is 0 Å². The van der Waals surface area contributed by atoms with Gasteiger partial charge in [-0.3, -0.25) is 0 Å². The van der Waals surface area contributed by atoms with Crippen molar-refractivity contribution in [1.29, 1.82) is 0 Å². The third kappa shape index (κ3) is 3.42. The van der Waals surface area contributed by atoms with Gasteiger partial charge in [-0.1, -0.05) is 12.8 Å². The van der Waals surface area contributed by atoms with Gasteiger partial charge in [0, 0.05) is 13.6 Å². The molecular formula is C14H26N2O4. The fourth-order valence-electron chi connectivity index (χ4n) is 2.79. The summed E-state index contributed by atoms with van der Waals surface area (Å²) >= 11 is 0. The van der Waals surface area contributed by atoms with E-state index in [0.29, 0.717) is 19.4 Å². The van der Waals surface area contributed by atoms with Gasteiger partial charge in [-0.2, -0.15) is 0 Å². The number of likely N-dealkylation sites (N-methyl/N-ethyl adjacent to an activating group) is 2. The van der Waals surface area contributed by atoms with Crippen LogP contribution in [-0.4, -0.2) is 63.3 Å². The van der Waals surface area contributed by atoms with Crippen molar-refractivity contribution in [3.8, 4) is 0 Å². The molecule has 0 aromatic carbocycles. The number of carboxylic acid groups (broad SMARTS) is 1. The quantitative estimate of drug-likeness (QED) is 0.803. The minimum Gasteiger partial charge on any atom is -0.480 e. The molecule has 116 valence electrons. The average Bonchev–Trinajstić information content (AvgIpc) is 2.75. The highest BCUT2D eigenvalue weighted by molar-refractivity contribution is 5.85. The Balaban J connectivity index is 2.78. The van der Waals surface area contributed by atoms with Crippen molar-refractivity contribution in [3.63, 3.8) is 0 Å². The number of carbonyl (C=O) groups is 2. The summed E-state index contributed by atoms with van der Waals surface area (Å²) in [5, 5.41) is 19.6. The van der Waals surface area contributed by atoms with Crippen LogP contribution in [0.25, 0.3) is 0 Å². The van der Waals surface area contributed by atoms with E-state index in [1.54, 1.807) is 14.0 Å². The molecule has 1 aliphatic carbocycles. The number of amides is 2. The molecule has 0 aliphatic heterocycles. The molecule has 0 heterocycles. The number of carboxylic acids is 1. The zero-order chi connectivity index (χ0) is 15.6. The van der Waals surface area contributed by atoms with Crippen LogP contribution in [0.4, 0.5) is 4.79 Å². The van der Waals surface area contributed by atoms with Crippen LogP contribution in [0.2, 0.25) is 0 Å². The number of aliphatic carboxylic acids is 1. The SMILES string of the molecule is CCN(C(=O)N(C)CC1(O)CCCC1)C(C)(C)C(=O)O. The van der Waals surface area contributed by atoms with Gasteiger partial charge in [0.2, 0.25) is 0 Å². The number of aliphatic hydroxyl groups is 1. The molecule has 2 N–H and O–H groups in total. The molecule has 1 fully saturated rings. The first-order valence-corrected chi connectivity index (χ1v) is 7.12. The summed E-state index contributed by atoms with van der Waals surface area (Å²) in [6.45, 7) is 5.32. The summed E-state index contributed by atoms with van der Waals surface area (Å²) in [6.07, 6.45) is 3.32. The van der Waals surface area contributed by atoms with Crippen LogP contribution < -0.4 is 0 Å². The van der Waals surface area contributed by atoms with Gasteiger partial charge in [-0.05, 0) is 33.6 Å². The predicted molar refractivity (Wildman–Crippen MR) is 75.5 cm³/mol. The molecule has 0 spiro atoms. The Morgan fingerprint density at radius 3 is 2.15 bits per heavy atom.